The normalized spacial score (nSPS) is 23.7. The third kappa shape index (κ3) is 3.37. The second-order valence-electron chi connectivity index (χ2n) is 7.14. The van der Waals surface area contributed by atoms with Gasteiger partial charge in [-0.25, -0.2) is 0 Å². The molecule has 3 amide bonds. The number of aromatic nitrogens is 1. The predicted octanol–water partition coefficient (Wildman–Crippen LogP) is 2.56. The van der Waals surface area contributed by atoms with Gasteiger partial charge in [-0.15, -0.1) is 0 Å². The van der Waals surface area contributed by atoms with Gasteiger partial charge in [0.25, 0.3) is 0 Å². The van der Waals surface area contributed by atoms with Crippen LogP contribution in [-0.4, -0.2) is 45.6 Å². The third-order valence-electron chi connectivity index (χ3n) is 5.74. The lowest BCUT2D eigenvalue weighted by molar-refractivity contribution is -0.147. The topological polar surface area (TPSA) is 70.6 Å². The van der Waals surface area contributed by atoms with Crippen LogP contribution in [0.3, 0.4) is 0 Å². The van der Waals surface area contributed by atoms with Gasteiger partial charge in [-0.1, -0.05) is 19.8 Å². The fraction of sp³-hybridized carbons (Fsp3) is 0.600. The van der Waals surface area contributed by atoms with Crippen LogP contribution in [0.4, 0.5) is 0 Å². The van der Waals surface area contributed by atoms with Crippen LogP contribution in [0.5, 0.6) is 0 Å². The van der Waals surface area contributed by atoms with Crippen LogP contribution in [0, 0.1) is 11.8 Å². The molecule has 140 valence electrons. The molecule has 26 heavy (non-hydrogen) atoms. The standard InChI is InChI=1S/C20H27N3O3/c1-3-17(14-9-11-21-12-10-14)22(4-2)18(24)13-23-19(25)15-7-5-6-8-16(15)20(23)26/h9-12,15-17H,3-8,13H2,1-2H3. The lowest BCUT2D eigenvalue weighted by Crippen LogP contribution is -2.44. The van der Waals surface area contributed by atoms with Crippen LogP contribution in [0.1, 0.15) is 57.6 Å². The van der Waals surface area contributed by atoms with Gasteiger partial charge in [-0.05, 0) is 43.9 Å². The third-order valence-corrected chi connectivity index (χ3v) is 5.74. The van der Waals surface area contributed by atoms with E-state index in [0.29, 0.717) is 6.54 Å². The fourth-order valence-electron chi connectivity index (χ4n) is 4.41. The highest BCUT2D eigenvalue weighted by molar-refractivity contribution is 6.07. The Bertz CT molecular complexity index is 652. The van der Waals surface area contributed by atoms with Crippen molar-refractivity contribution in [3.8, 4) is 0 Å². The van der Waals surface area contributed by atoms with Crippen molar-refractivity contribution < 1.29 is 14.4 Å². The highest BCUT2D eigenvalue weighted by atomic mass is 16.2. The van der Waals surface area contributed by atoms with Gasteiger partial charge < -0.3 is 4.90 Å². The molecule has 2 fully saturated rings. The summed E-state index contributed by atoms with van der Waals surface area (Å²) in [6.45, 7) is 4.35. The first kappa shape index (κ1) is 18.5. The summed E-state index contributed by atoms with van der Waals surface area (Å²) in [4.78, 5) is 45.2. The quantitative estimate of drug-likeness (QED) is 0.734. The number of pyridine rings is 1. The minimum absolute atomic E-state index is 0.0782. The Kier molecular flexibility index (Phi) is 5.69. The van der Waals surface area contributed by atoms with E-state index < -0.39 is 0 Å². The zero-order valence-electron chi connectivity index (χ0n) is 15.6. The van der Waals surface area contributed by atoms with Crippen LogP contribution in [-0.2, 0) is 14.4 Å². The molecule has 3 rings (SSSR count). The summed E-state index contributed by atoms with van der Waals surface area (Å²) in [7, 11) is 0. The van der Waals surface area contributed by atoms with Gasteiger partial charge in [0.05, 0.1) is 17.9 Å². The SMILES string of the molecule is CCC(c1ccncc1)N(CC)C(=O)CN1C(=O)C2CCCCC2C1=O. The molecule has 0 radical (unpaired) electrons. The first-order chi connectivity index (χ1) is 12.6. The van der Waals surface area contributed by atoms with E-state index in [-0.39, 0.29) is 42.1 Å². The van der Waals surface area contributed by atoms with Crippen LogP contribution in [0.15, 0.2) is 24.5 Å². The number of likely N-dealkylation sites (tertiary alicyclic amines) is 1. The molecule has 2 aliphatic rings. The molecule has 1 aliphatic carbocycles. The van der Waals surface area contributed by atoms with Gasteiger partial charge in [0.15, 0.2) is 0 Å². The van der Waals surface area contributed by atoms with E-state index in [2.05, 4.69) is 4.98 Å². The highest BCUT2D eigenvalue weighted by Crippen LogP contribution is 2.38. The average Bonchev–Trinajstić information content (AvgIpc) is 2.91. The molecule has 0 aromatic carbocycles. The van der Waals surface area contributed by atoms with Gasteiger partial charge in [0, 0.05) is 18.9 Å². The molecule has 1 saturated carbocycles. The van der Waals surface area contributed by atoms with E-state index in [0.717, 1.165) is 37.7 Å². The Morgan fingerprint density at radius 2 is 1.73 bits per heavy atom. The molecule has 3 atom stereocenters. The number of rotatable bonds is 6. The van der Waals surface area contributed by atoms with Crippen molar-refractivity contribution >= 4 is 17.7 Å². The minimum Gasteiger partial charge on any atom is -0.334 e. The number of amides is 3. The molecule has 6 heteroatoms. The molecule has 1 aliphatic heterocycles. The second kappa shape index (κ2) is 7.98. The van der Waals surface area contributed by atoms with Gasteiger partial charge in [-0.3, -0.25) is 24.3 Å². The molecule has 1 aromatic rings. The van der Waals surface area contributed by atoms with E-state index in [4.69, 9.17) is 0 Å². The zero-order chi connectivity index (χ0) is 18.7. The number of nitrogens with zero attached hydrogens (tertiary/aromatic N) is 3. The van der Waals surface area contributed by atoms with Crippen molar-refractivity contribution in [3.05, 3.63) is 30.1 Å². The molecule has 0 bridgehead atoms. The monoisotopic (exact) mass is 357 g/mol. The molecule has 1 saturated heterocycles. The number of carbonyl (C=O) groups excluding carboxylic acids is 3. The number of carbonyl (C=O) groups is 3. The number of fused-ring (bicyclic) bond motifs is 1. The van der Waals surface area contributed by atoms with Crippen LogP contribution in [0.2, 0.25) is 0 Å². The summed E-state index contributed by atoms with van der Waals surface area (Å²) in [5, 5.41) is 0. The largest absolute Gasteiger partial charge is 0.334 e. The van der Waals surface area contributed by atoms with Gasteiger partial charge in [-0.2, -0.15) is 0 Å². The van der Waals surface area contributed by atoms with Crippen molar-refractivity contribution in [2.75, 3.05) is 13.1 Å². The van der Waals surface area contributed by atoms with Crippen LogP contribution in [0.25, 0.3) is 0 Å². The van der Waals surface area contributed by atoms with Gasteiger partial charge in [0.1, 0.15) is 6.54 Å². The highest BCUT2D eigenvalue weighted by Gasteiger charge is 2.48. The Labute approximate surface area is 154 Å². The number of hydrogen-bond acceptors (Lipinski definition) is 4. The molecule has 1 aromatic heterocycles. The van der Waals surface area contributed by atoms with E-state index in [1.807, 2.05) is 26.0 Å². The average molecular weight is 357 g/mol. The maximum Gasteiger partial charge on any atom is 0.243 e. The maximum atomic E-state index is 13.0. The zero-order valence-corrected chi connectivity index (χ0v) is 15.6. The van der Waals surface area contributed by atoms with Gasteiger partial charge >= 0.3 is 0 Å². The lowest BCUT2D eigenvalue weighted by atomic mass is 9.81. The molecule has 3 unspecified atom stereocenters. The molecule has 2 heterocycles. The predicted molar refractivity (Wildman–Crippen MR) is 96.8 cm³/mol. The summed E-state index contributed by atoms with van der Waals surface area (Å²) in [5.74, 6) is -0.888. The van der Waals surface area contributed by atoms with Crippen molar-refractivity contribution in [2.45, 2.75) is 52.0 Å². The minimum atomic E-state index is -0.207. The number of likely N-dealkylation sites (N-methyl/N-ethyl adjacent to an activating group) is 1. The van der Waals surface area contributed by atoms with Crippen molar-refractivity contribution in [3.63, 3.8) is 0 Å². The Morgan fingerprint density at radius 1 is 1.15 bits per heavy atom. The Hall–Kier alpha value is -2.24. The summed E-state index contributed by atoms with van der Waals surface area (Å²) in [6.07, 6.45) is 7.71. The van der Waals surface area contributed by atoms with E-state index in [9.17, 15) is 14.4 Å². The summed E-state index contributed by atoms with van der Waals surface area (Å²) >= 11 is 0. The smallest absolute Gasteiger partial charge is 0.243 e. The maximum absolute atomic E-state index is 13.0. The summed E-state index contributed by atoms with van der Waals surface area (Å²) in [6, 6.07) is 3.74. The van der Waals surface area contributed by atoms with Crippen molar-refractivity contribution in [1.82, 2.24) is 14.8 Å². The molecular formula is C20H27N3O3. The molecular weight excluding hydrogens is 330 g/mol. The van der Waals surface area contributed by atoms with Crippen LogP contribution < -0.4 is 0 Å². The van der Waals surface area contributed by atoms with Crippen molar-refractivity contribution in [2.24, 2.45) is 11.8 Å². The van der Waals surface area contributed by atoms with E-state index in [1.54, 1.807) is 17.3 Å². The molecule has 0 spiro atoms. The summed E-state index contributed by atoms with van der Waals surface area (Å²) < 4.78 is 0. The molecule has 0 N–H and O–H groups in total. The van der Waals surface area contributed by atoms with Crippen molar-refractivity contribution in [1.29, 1.82) is 0 Å². The first-order valence-electron chi connectivity index (χ1n) is 9.63. The van der Waals surface area contributed by atoms with Crippen LogP contribution >= 0.6 is 0 Å². The number of imide groups is 1. The Balaban J connectivity index is 1.75. The fourth-order valence-corrected chi connectivity index (χ4v) is 4.41. The van der Waals surface area contributed by atoms with E-state index >= 15 is 0 Å². The lowest BCUT2D eigenvalue weighted by Gasteiger charge is -2.31. The summed E-state index contributed by atoms with van der Waals surface area (Å²) in [5.41, 5.74) is 1.02. The van der Waals surface area contributed by atoms with Gasteiger partial charge in [0.2, 0.25) is 17.7 Å². The first-order valence-corrected chi connectivity index (χ1v) is 9.63. The number of hydrogen-bond donors (Lipinski definition) is 0. The molecule has 6 nitrogen and oxygen atoms in total. The second-order valence-corrected chi connectivity index (χ2v) is 7.14. The van der Waals surface area contributed by atoms with E-state index in [1.165, 1.54) is 4.90 Å². The Morgan fingerprint density at radius 3 is 2.23 bits per heavy atom.